The molecule has 1 saturated heterocycles. The van der Waals surface area contributed by atoms with Crippen LogP contribution >= 0.6 is 23.4 Å². The summed E-state index contributed by atoms with van der Waals surface area (Å²) in [6.45, 7) is -0.455. The molecule has 2 aromatic rings. The molecule has 2 heterocycles. The largest absolute Gasteiger partial charge is 0.497 e. The highest BCUT2D eigenvalue weighted by molar-refractivity contribution is 7.99. The Bertz CT molecular complexity index is 903. The average Bonchev–Trinajstić information content (AvgIpc) is 3.26. The molecule has 0 spiro atoms. The molecule has 1 fully saturated rings. The van der Waals surface area contributed by atoms with Gasteiger partial charge in [0.15, 0.2) is 0 Å². The minimum absolute atomic E-state index is 0.455. The maximum Gasteiger partial charge on any atom is 0.118 e. The molecule has 0 aliphatic carbocycles. The van der Waals surface area contributed by atoms with Gasteiger partial charge in [-0.1, -0.05) is 29.8 Å². The second-order valence-electron chi connectivity index (χ2n) is 7.62. The molecule has 162 valence electrons. The van der Waals surface area contributed by atoms with Crippen LogP contribution in [0.25, 0.3) is 0 Å². The number of aliphatic hydroxyl groups excluding tert-OH is 4. The quantitative estimate of drug-likeness (QED) is 0.551. The minimum Gasteiger partial charge on any atom is -0.497 e. The minimum atomic E-state index is -1.41. The average molecular weight is 453 g/mol. The van der Waals surface area contributed by atoms with Gasteiger partial charge in [0, 0.05) is 15.7 Å². The summed E-state index contributed by atoms with van der Waals surface area (Å²) in [5, 5.41) is 41.3. The predicted octanol–water partition coefficient (Wildman–Crippen LogP) is 2.10. The molecule has 0 saturated carbocycles. The standard InChI is InChI=1S/C22H25ClO6S/c1-28-13-4-2-11(3-5-13)8-12-9-15(22-14(17(12)23)6-7-30-22)21-20(27)19(26)18(25)16(10-24)29-21/h2-5,9,16,18-21,24-27H,6-8,10H2,1H3. The smallest absolute Gasteiger partial charge is 0.118 e. The van der Waals surface area contributed by atoms with Crippen molar-refractivity contribution in [3.8, 4) is 5.75 Å². The topological polar surface area (TPSA) is 99.4 Å². The Morgan fingerprint density at radius 2 is 1.87 bits per heavy atom. The van der Waals surface area contributed by atoms with E-state index in [1.807, 2.05) is 30.3 Å². The van der Waals surface area contributed by atoms with Crippen LogP contribution in [0.5, 0.6) is 5.75 Å². The van der Waals surface area contributed by atoms with E-state index >= 15 is 0 Å². The number of hydrogen-bond acceptors (Lipinski definition) is 7. The van der Waals surface area contributed by atoms with E-state index in [1.54, 1.807) is 18.9 Å². The van der Waals surface area contributed by atoms with Crippen LogP contribution < -0.4 is 4.74 Å². The first-order valence-corrected chi connectivity index (χ1v) is 11.2. The number of rotatable bonds is 5. The van der Waals surface area contributed by atoms with Gasteiger partial charge in [0.1, 0.15) is 36.3 Å². The van der Waals surface area contributed by atoms with Crippen molar-refractivity contribution in [2.24, 2.45) is 0 Å². The third-order valence-electron chi connectivity index (χ3n) is 5.76. The molecule has 5 unspecified atom stereocenters. The highest BCUT2D eigenvalue weighted by Crippen LogP contribution is 2.46. The van der Waals surface area contributed by atoms with Gasteiger partial charge in [-0.05, 0) is 47.2 Å². The number of methoxy groups -OCH3 is 1. The zero-order valence-electron chi connectivity index (χ0n) is 16.5. The summed E-state index contributed by atoms with van der Waals surface area (Å²) in [7, 11) is 1.62. The lowest BCUT2D eigenvalue weighted by molar-refractivity contribution is -0.232. The third-order valence-corrected chi connectivity index (χ3v) is 7.41. The molecule has 8 heteroatoms. The monoisotopic (exact) mass is 452 g/mol. The molecule has 30 heavy (non-hydrogen) atoms. The molecule has 2 aromatic carbocycles. The van der Waals surface area contributed by atoms with E-state index in [2.05, 4.69) is 0 Å². The van der Waals surface area contributed by atoms with E-state index in [0.717, 1.165) is 45.1 Å². The number of aliphatic hydroxyl groups is 4. The van der Waals surface area contributed by atoms with Crippen LogP contribution in [0.1, 0.15) is 28.4 Å². The van der Waals surface area contributed by atoms with Crippen molar-refractivity contribution in [1.82, 2.24) is 0 Å². The molecule has 2 aliphatic heterocycles. The number of thioether (sulfide) groups is 1. The lowest BCUT2D eigenvalue weighted by Crippen LogP contribution is -2.55. The maximum atomic E-state index is 10.6. The molecule has 4 N–H and O–H groups in total. The Labute approximate surface area is 184 Å². The second kappa shape index (κ2) is 9.04. The van der Waals surface area contributed by atoms with Crippen LogP contribution in [0.3, 0.4) is 0 Å². The first kappa shape index (κ1) is 21.9. The molecule has 4 rings (SSSR count). The highest BCUT2D eigenvalue weighted by Gasteiger charge is 2.45. The predicted molar refractivity (Wildman–Crippen MR) is 114 cm³/mol. The van der Waals surface area contributed by atoms with Crippen LogP contribution in [0.15, 0.2) is 35.2 Å². The van der Waals surface area contributed by atoms with Crippen molar-refractivity contribution in [2.45, 2.75) is 48.3 Å². The zero-order chi connectivity index (χ0) is 21.4. The fraction of sp³-hybridized carbons (Fsp3) is 0.455. The van der Waals surface area contributed by atoms with E-state index in [9.17, 15) is 20.4 Å². The Kier molecular flexibility index (Phi) is 6.60. The van der Waals surface area contributed by atoms with Gasteiger partial charge in [0.25, 0.3) is 0 Å². The fourth-order valence-corrected chi connectivity index (χ4v) is 5.69. The SMILES string of the molecule is COc1ccc(Cc2cc(C3OC(CO)C(O)C(O)C3O)c3c(c2Cl)CCS3)cc1. The molecule has 2 aliphatic rings. The van der Waals surface area contributed by atoms with E-state index in [-0.39, 0.29) is 0 Å². The van der Waals surface area contributed by atoms with Gasteiger partial charge in [0.05, 0.1) is 13.7 Å². The van der Waals surface area contributed by atoms with Crippen molar-refractivity contribution in [3.05, 3.63) is 57.6 Å². The molecule has 5 atom stereocenters. The van der Waals surface area contributed by atoms with Crippen LogP contribution in [0.4, 0.5) is 0 Å². The van der Waals surface area contributed by atoms with Gasteiger partial charge >= 0.3 is 0 Å². The first-order valence-electron chi connectivity index (χ1n) is 9.85. The Morgan fingerprint density at radius 1 is 1.13 bits per heavy atom. The van der Waals surface area contributed by atoms with Crippen molar-refractivity contribution in [1.29, 1.82) is 0 Å². The molecule has 6 nitrogen and oxygen atoms in total. The number of fused-ring (bicyclic) bond motifs is 1. The van der Waals surface area contributed by atoms with Gasteiger partial charge in [0.2, 0.25) is 0 Å². The lowest BCUT2D eigenvalue weighted by Gasteiger charge is -2.41. The van der Waals surface area contributed by atoms with Gasteiger partial charge in [-0.15, -0.1) is 11.8 Å². The highest BCUT2D eigenvalue weighted by atomic mass is 35.5. The van der Waals surface area contributed by atoms with E-state index in [4.69, 9.17) is 21.1 Å². The molecular weight excluding hydrogens is 428 g/mol. The molecule has 0 amide bonds. The van der Waals surface area contributed by atoms with Crippen molar-refractivity contribution in [3.63, 3.8) is 0 Å². The second-order valence-corrected chi connectivity index (χ2v) is 9.10. The Balaban J connectivity index is 1.73. The van der Waals surface area contributed by atoms with Crippen LogP contribution in [0, 0.1) is 0 Å². The Hall–Kier alpha value is -1.32. The number of halogens is 1. The van der Waals surface area contributed by atoms with E-state index in [1.165, 1.54) is 0 Å². The summed E-state index contributed by atoms with van der Waals surface area (Å²) < 4.78 is 11.0. The van der Waals surface area contributed by atoms with E-state index < -0.39 is 37.1 Å². The van der Waals surface area contributed by atoms with E-state index in [0.29, 0.717) is 11.4 Å². The van der Waals surface area contributed by atoms with Crippen molar-refractivity contribution >= 4 is 23.4 Å². The summed E-state index contributed by atoms with van der Waals surface area (Å²) in [6.07, 6.45) is -4.53. The summed E-state index contributed by atoms with van der Waals surface area (Å²) >= 11 is 8.38. The van der Waals surface area contributed by atoms with Crippen molar-refractivity contribution in [2.75, 3.05) is 19.5 Å². The van der Waals surface area contributed by atoms with Gasteiger partial charge < -0.3 is 29.9 Å². The van der Waals surface area contributed by atoms with Gasteiger partial charge in [-0.2, -0.15) is 0 Å². The van der Waals surface area contributed by atoms with Gasteiger partial charge in [-0.25, -0.2) is 0 Å². The molecular formula is C22H25ClO6S. The van der Waals surface area contributed by atoms with Gasteiger partial charge in [-0.3, -0.25) is 0 Å². The zero-order valence-corrected chi connectivity index (χ0v) is 18.1. The maximum absolute atomic E-state index is 10.6. The number of hydrogen-bond donors (Lipinski definition) is 4. The summed E-state index contributed by atoms with van der Waals surface area (Å²) in [4.78, 5) is 0.947. The Morgan fingerprint density at radius 3 is 2.53 bits per heavy atom. The first-order chi connectivity index (χ1) is 14.4. The fourth-order valence-electron chi connectivity index (χ4n) is 4.10. The van der Waals surface area contributed by atoms with Crippen LogP contribution in [-0.4, -0.2) is 64.3 Å². The summed E-state index contributed by atoms with van der Waals surface area (Å²) in [6, 6.07) is 9.65. The normalized spacial score (nSPS) is 28.4. The molecule has 0 radical (unpaired) electrons. The molecule has 0 bridgehead atoms. The molecule has 0 aromatic heterocycles. The number of ether oxygens (including phenoxy) is 2. The van der Waals surface area contributed by atoms with Crippen LogP contribution in [0.2, 0.25) is 5.02 Å². The lowest BCUT2D eigenvalue weighted by atomic mass is 9.88. The summed E-state index contributed by atoms with van der Waals surface area (Å²) in [5.41, 5.74) is 3.70. The van der Waals surface area contributed by atoms with Crippen molar-refractivity contribution < 1.29 is 29.9 Å². The number of benzene rings is 2. The van der Waals surface area contributed by atoms with Crippen LogP contribution in [-0.2, 0) is 17.6 Å². The third kappa shape index (κ3) is 3.96. The summed E-state index contributed by atoms with van der Waals surface area (Å²) in [5.74, 6) is 1.64.